The highest BCUT2D eigenvalue weighted by molar-refractivity contribution is 5.71. The quantitative estimate of drug-likeness (QED) is 0.559. The highest BCUT2D eigenvalue weighted by Gasteiger charge is 2.21. The Morgan fingerprint density at radius 2 is 2.12 bits per heavy atom. The van der Waals surface area contributed by atoms with E-state index in [-0.39, 0.29) is 5.97 Å². The zero-order valence-electron chi connectivity index (χ0n) is 10.6. The van der Waals surface area contributed by atoms with Gasteiger partial charge in [-0.3, -0.25) is 4.79 Å². The van der Waals surface area contributed by atoms with Crippen LogP contribution in [0.15, 0.2) is 0 Å². The molecule has 0 aromatic rings. The number of nitrogens with one attached hydrogen (secondary N) is 1. The smallest absolute Gasteiger partial charge is 0.319 e. The Hall–Kier alpha value is -0.570. The molecule has 0 radical (unpaired) electrons. The molecule has 0 saturated heterocycles. The van der Waals surface area contributed by atoms with E-state index < -0.39 is 0 Å². The van der Waals surface area contributed by atoms with Crippen molar-refractivity contribution in [1.29, 1.82) is 0 Å². The molecule has 1 saturated carbocycles. The third-order valence-corrected chi connectivity index (χ3v) is 3.38. The van der Waals surface area contributed by atoms with Crippen LogP contribution in [0.3, 0.4) is 0 Å². The van der Waals surface area contributed by atoms with Gasteiger partial charge in [0.25, 0.3) is 0 Å². The Labute approximate surface area is 98.9 Å². The molecule has 1 aliphatic rings. The van der Waals surface area contributed by atoms with Crippen LogP contribution < -0.4 is 5.32 Å². The van der Waals surface area contributed by atoms with Crippen molar-refractivity contribution in [3.63, 3.8) is 0 Å². The Balaban J connectivity index is 2.10. The number of unbranched alkanes of at least 4 members (excludes halogenated alkanes) is 1. The number of hydrogen-bond acceptors (Lipinski definition) is 3. The third kappa shape index (κ3) is 4.97. The highest BCUT2D eigenvalue weighted by atomic mass is 16.5. The molecule has 3 heteroatoms. The van der Waals surface area contributed by atoms with Gasteiger partial charge in [-0.05, 0) is 25.2 Å². The molecule has 0 amide bonds. The minimum Gasteiger partial charge on any atom is -0.465 e. The summed E-state index contributed by atoms with van der Waals surface area (Å²) in [6.45, 7) is 5.30. The van der Waals surface area contributed by atoms with Gasteiger partial charge in [0.2, 0.25) is 0 Å². The van der Waals surface area contributed by atoms with Gasteiger partial charge in [0.15, 0.2) is 0 Å². The largest absolute Gasteiger partial charge is 0.465 e. The summed E-state index contributed by atoms with van der Waals surface area (Å²) in [5.74, 6) is 0.586. The van der Waals surface area contributed by atoms with Gasteiger partial charge in [0, 0.05) is 6.04 Å². The number of esters is 1. The van der Waals surface area contributed by atoms with Crippen LogP contribution in [0.5, 0.6) is 0 Å². The molecule has 0 bridgehead atoms. The lowest BCUT2D eigenvalue weighted by atomic mass is 9.86. The predicted octanol–water partition coefficient (Wildman–Crippen LogP) is 2.50. The molecule has 2 atom stereocenters. The molecule has 0 aromatic carbocycles. The van der Waals surface area contributed by atoms with Crippen LogP contribution in [-0.2, 0) is 9.53 Å². The summed E-state index contributed by atoms with van der Waals surface area (Å²) in [5, 5.41) is 3.32. The van der Waals surface area contributed by atoms with Gasteiger partial charge in [0.05, 0.1) is 13.2 Å². The van der Waals surface area contributed by atoms with Crippen molar-refractivity contribution in [3.8, 4) is 0 Å². The maximum atomic E-state index is 11.4. The number of rotatable bonds is 6. The predicted molar refractivity (Wildman–Crippen MR) is 65.3 cm³/mol. The summed E-state index contributed by atoms with van der Waals surface area (Å²) >= 11 is 0. The lowest BCUT2D eigenvalue weighted by Gasteiger charge is -2.29. The molecule has 0 heterocycles. The van der Waals surface area contributed by atoms with Crippen molar-refractivity contribution in [2.75, 3.05) is 13.2 Å². The maximum absolute atomic E-state index is 11.4. The summed E-state index contributed by atoms with van der Waals surface area (Å²) in [6.07, 6.45) is 7.13. The van der Waals surface area contributed by atoms with Crippen LogP contribution >= 0.6 is 0 Å². The number of carbonyl (C=O) groups excluding carboxylic acids is 1. The van der Waals surface area contributed by atoms with Crippen molar-refractivity contribution in [3.05, 3.63) is 0 Å². The molecule has 1 rings (SSSR count). The fraction of sp³-hybridized carbons (Fsp3) is 0.923. The molecule has 0 spiro atoms. The van der Waals surface area contributed by atoms with Crippen LogP contribution in [0, 0.1) is 5.92 Å². The summed E-state index contributed by atoms with van der Waals surface area (Å²) in [4.78, 5) is 11.4. The molecule has 94 valence electrons. The van der Waals surface area contributed by atoms with Crippen LogP contribution in [-0.4, -0.2) is 25.2 Å². The Kier molecular flexibility index (Phi) is 6.46. The van der Waals surface area contributed by atoms with E-state index >= 15 is 0 Å². The van der Waals surface area contributed by atoms with E-state index in [2.05, 4.69) is 19.2 Å². The molecular formula is C13H25NO2. The van der Waals surface area contributed by atoms with Crippen LogP contribution in [0.25, 0.3) is 0 Å². The second-order valence-electron chi connectivity index (χ2n) is 4.82. The summed E-state index contributed by atoms with van der Waals surface area (Å²) in [7, 11) is 0. The molecule has 1 aliphatic carbocycles. The lowest BCUT2D eigenvalue weighted by Crippen LogP contribution is -2.40. The standard InChI is InChI=1S/C13H25NO2/c1-3-4-9-16-13(15)10-14-12-8-6-5-7-11(12)2/h11-12,14H,3-10H2,1-2H3. The molecule has 0 aliphatic heterocycles. The third-order valence-electron chi connectivity index (χ3n) is 3.38. The zero-order chi connectivity index (χ0) is 11.8. The van der Waals surface area contributed by atoms with Gasteiger partial charge in [-0.15, -0.1) is 0 Å². The second-order valence-corrected chi connectivity index (χ2v) is 4.82. The minimum absolute atomic E-state index is 0.105. The SMILES string of the molecule is CCCCOC(=O)CNC1CCCCC1C. The summed E-state index contributed by atoms with van der Waals surface area (Å²) < 4.78 is 5.11. The maximum Gasteiger partial charge on any atom is 0.319 e. The normalized spacial score (nSPS) is 25.4. The van der Waals surface area contributed by atoms with Crippen molar-refractivity contribution >= 4 is 5.97 Å². The Morgan fingerprint density at radius 3 is 2.81 bits per heavy atom. The van der Waals surface area contributed by atoms with E-state index in [1.54, 1.807) is 0 Å². The molecule has 0 aromatic heterocycles. The van der Waals surface area contributed by atoms with Gasteiger partial charge in [-0.25, -0.2) is 0 Å². The molecule has 1 fully saturated rings. The second kappa shape index (κ2) is 7.66. The fourth-order valence-corrected chi connectivity index (χ4v) is 2.22. The molecular weight excluding hydrogens is 202 g/mol. The van der Waals surface area contributed by atoms with E-state index in [0.29, 0.717) is 25.1 Å². The fourth-order valence-electron chi connectivity index (χ4n) is 2.22. The Morgan fingerprint density at radius 1 is 1.38 bits per heavy atom. The van der Waals surface area contributed by atoms with E-state index in [0.717, 1.165) is 12.8 Å². The molecule has 16 heavy (non-hydrogen) atoms. The van der Waals surface area contributed by atoms with Crippen LogP contribution in [0.4, 0.5) is 0 Å². The molecule has 3 nitrogen and oxygen atoms in total. The average Bonchev–Trinajstić information content (AvgIpc) is 2.28. The van der Waals surface area contributed by atoms with Gasteiger partial charge in [-0.1, -0.05) is 33.1 Å². The van der Waals surface area contributed by atoms with Gasteiger partial charge in [0.1, 0.15) is 0 Å². The highest BCUT2D eigenvalue weighted by Crippen LogP contribution is 2.23. The van der Waals surface area contributed by atoms with Crippen molar-refractivity contribution < 1.29 is 9.53 Å². The number of carbonyl (C=O) groups is 1. The van der Waals surface area contributed by atoms with Gasteiger partial charge >= 0.3 is 5.97 Å². The van der Waals surface area contributed by atoms with Crippen molar-refractivity contribution in [1.82, 2.24) is 5.32 Å². The monoisotopic (exact) mass is 227 g/mol. The minimum atomic E-state index is -0.105. The van der Waals surface area contributed by atoms with E-state index in [1.165, 1.54) is 25.7 Å². The van der Waals surface area contributed by atoms with Crippen LogP contribution in [0.1, 0.15) is 52.4 Å². The first-order valence-electron chi connectivity index (χ1n) is 6.63. The van der Waals surface area contributed by atoms with Gasteiger partial charge < -0.3 is 10.1 Å². The number of hydrogen-bond donors (Lipinski definition) is 1. The molecule has 1 N–H and O–H groups in total. The first-order valence-corrected chi connectivity index (χ1v) is 6.63. The Bertz CT molecular complexity index is 206. The van der Waals surface area contributed by atoms with Crippen molar-refractivity contribution in [2.45, 2.75) is 58.4 Å². The first-order chi connectivity index (χ1) is 7.74. The van der Waals surface area contributed by atoms with Gasteiger partial charge in [-0.2, -0.15) is 0 Å². The lowest BCUT2D eigenvalue weighted by molar-refractivity contribution is -0.142. The topological polar surface area (TPSA) is 38.3 Å². The van der Waals surface area contributed by atoms with E-state index in [4.69, 9.17) is 4.74 Å². The van der Waals surface area contributed by atoms with Crippen LogP contribution in [0.2, 0.25) is 0 Å². The number of ether oxygens (including phenoxy) is 1. The molecule has 2 unspecified atom stereocenters. The van der Waals surface area contributed by atoms with E-state index in [1.807, 2.05) is 0 Å². The van der Waals surface area contributed by atoms with E-state index in [9.17, 15) is 4.79 Å². The zero-order valence-corrected chi connectivity index (χ0v) is 10.6. The average molecular weight is 227 g/mol. The summed E-state index contributed by atoms with van der Waals surface area (Å²) in [5.41, 5.74) is 0. The van der Waals surface area contributed by atoms with Crippen molar-refractivity contribution in [2.24, 2.45) is 5.92 Å². The first kappa shape index (κ1) is 13.5. The summed E-state index contributed by atoms with van der Waals surface area (Å²) in [6, 6.07) is 0.507.